The molecule has 0 saturated carbocycles. The molecule has 2 aromatic rings. The van der Waals surface area contributed by atoms with Gasteiger partial charge in [0.15, 0.2) is 0 Å². The molecule has 0 radical (unpaired) electrons. The van der Waals surface area contributed by atoms with Crippen LogP contribution in [0.2, 0.25) is 0 Å². The summed E-state index contributed by atoms with van der Waals surface area (Å²) in [7, 11) is 0. The van der Waals surface area contributed by atoms with Gasteiger partial charge in [-0.1, -0.05) is 35.4 Å². The SMILES string of the molecule is CC(C(=O)ON1C(=O)c2ccccc2C1=O)c1ccccc1F. The summed E-state index contributed by atoms with van der Waals surface area (Å²) in [4.78, 5) is 41.3. The van der Waals surface area contributed by atoms with Crippen LogP contribution in [0.15, 0.2) is 48.5 Å². The molecule has 23 heavy (non-hydrogen) atoms. The predicted octanol–water partition coefficient (Wildman–Crippen LogP) is 2.68. The van der Waals surface area contributed by atoms with E-state index < -0.39 is 29.5 Å². The molecule has 0 bridgehead atoms. The van der Waals surface area contributed by atoms with Gasteiger partial charge >= 0.3 is 5.97 Å². The second-order valence-electron chi connectivity index (χ2n) is 5.10. The number of nitrogens with zero attached hydrogens (tertiary/aromatic N) is 1. The van der Waals surface area contributed by atoms with Gasteiger partial charge < -0.3 is 4.84 Å². The summed E-state index contributed by atoms with van der Waals surface area (Å²) < 4.78 is 13.7. The van der Waals surface area contributed by atoms with Crippen LogP contribution < -0.4 is 0 Å². The number of hydrogen-bond donors (Lipinski definition) is 0. The molecule has 0 N–H and O–H groups in total. The number of hydrogen-bond acceptors (Lipinski definition) is 4. The monoisotopic (exact) mass is 313 g/mol. The summed E-state index contributed by atoms with van der Waals surface area (Å²) in [6.07, 6.45) is 0. The highest BCUT2D eigenvalue weighted by Crippen LogP contribution is 2.25. The van der Waals surface area contributed by atoms with Crippen LogP contribution >= 0.6 is 0 Å². The molecular formula is C17H12FNO4. The molecule has 0 spiro atoms. The van der Waals surface area contributed by atoms with Gasteiger partial charge in [0, 0.05) is 5.56 Å². The zero-order valence-electron chi connectivity index (χ0n) is 12.2. The third-order valence-electron chi connectivity index (χ3n) is 3.66. The Hall–Kier alpha value is -3.02. The van der Waals surface area contributed by atoms with Gasteiger partial charge in [0.1, 0.15) is 5.82 Å². The normalized spacial score (nSPS) is 14.6. The van der Waals surface area contributed by atoms with Crippen LogP contribution in [-0.2, 0) is 9.63 Å². The average molecular weight is 313 g/mol. The maximum Gasteiger partial charge on any atom is 0.340 e. The van der Waals surface area contributed by atoms with Gasteiger partial charge in [-0.15, -0.1) is 0 Å². The minimum atomic E-state index is -0.958. The van der Waals surface area contributed by atoms with Gasteiger partial charge in [-0.25, -0.2) is 9.18 Å². The van der Waals surface area contributed by atoms with E-state index in [1.165, 1.54) is 37.3 Å². The van der Waals surface area contributed by atoms with Crippen molar-refractivity contribution in [3.05, 3.63) is 71.0 Å². The van der Waals surface area contributed by atoms with Gasteiger partial charge in [-0.3, -0.25) is 9.59 Å². The topological polar surface area (TPSA) is 63.7 Å². The Labute approximate surface area is 131 Å². The maximum absolute atomic E-state index is 13.7. The van der Waals surface area contributed by atoms with Crippen LogP contribution in [0.25, 0.3) is 0 Å². The third kappa shape index (κ3) is 2.48. The Morgan fingerprint density at radius 3 is 2.09 bits per heavy atom. The van der Waals surface area contributed by atoms with Gasteiger partial charge in [0.05, 0.1) is 17.0 Å². The van der Waals surface area contributed by atoms with E-state index in [0.717, 1.165) is 0 Å². The number of carbonyl (C=O) groups is 3. The zero-order valence-corrected chi connectivity index (χ0v) is 12.2. The molecule has 0 aliphatic carbocycles. The van der Waals surface area contributed by atoms with E-state index in [4.69, 9.17) is 4.84 Å². The van der Waals surface area contributed by atoms with E-state index in [1.807, 2.05) is 0 Å². The summed E-state index contributed by atoms with van der Waals surface area (Å²) in [6.45, 7) is 1.44. The molecule has 1 aliphatic rings. The fourth-order valence-electron chi connectivity index (χ4n) is 2.37. The van der Waals surface area contributed by atoms with Crippen molar-refractivity contribution in [2.45, 2.75) is 12.8 Å². The largest absolute Gasteiger partial charge is 0.340 e. The molecule has 1 unspecified atom stereocenters. The summed E-state index contributed by atoms with van der Waals surface area (Å²) in [6, 6.07) is 11.9. The number of carbonyl (C=O) groups excluding carboxylic acids is 3. The fraction of sp³-hybridized carbons (Fsp3) is 0.118. The quantitative estimate of drug-likeness (QED) is 0.817. The zero-order chi connectivity index (χ0) is 16.6. The smallest absolute Gasteiger partial charge is 0.329 e. The Balaban J connectivity index is 1.81. The molecule has 0 aromatic heterocycles. The van der Waals surface area contributed by atoms with Gasteiger partial charge in [0.25, 0.3) is 11.8 Å². The molecule has 1 atom stereocenters. The highest BCUT2D eigenvalue weighted by atomic mass is 19.1. The molecule has 6 heteroatoms. The summed E-state index contributed by atoms with van der Waals surface area (Å²) in [5.74, 6) is -3.82. The van der Waals surface area contributed by atoms with Gasteiger partial charge in [0.2, 0.25) is 0 Å². The lowest BCUT2D eigenvalue weighted by Gasteiger charge is -2.16. The maximum atomic E-state index is 13.7. The first-order valence-electron chi connectivity index (χ1n) is 6.94. The standard InChI is InChI=1S/C17H12FNO4/c1-10(11-6-4-5-9-14(11)18)17(22)23-19-15(20)12-7-2-3-8-13(12)16(19)21/h2-10H,1H3. The van der Waals surface area contributed by atoms with E-state index >= 15 is 0 Å². The number of benzene rings is 2. The lowest BCUT2D eigenvalue weighted by atomic mass is 10.0. The highest BCUT2D eigenvalue weighted by molar-refractivity contribution is 6.20. The summed E-state index contributed by atoms with van der Waals surface area (Å²) >= 11 is 0. The van der Waals surface area contributed by atoms with Crippen molar-refractivity contribution in [3.63, 3.8) is 0 Å². The first-order valence-corrected chi connectivity index (χ1v) is 6.94. The number of rotatable bonds is 3. The molecule has 5 nitrogen and oxygen atoms in total. The fourth-order valence-corrected chi connectivity index (χ4v) is 2.37. The highest BCUT2D eigenvalue weighted by Gasteiger charge is 2.39. The second kappa shape index (κ2) is 5.64. The number of imide groups is 1. The Kier molecular flexibility index (Phi) is 3.65. The summed E-state index contributed by atoms with van der Waals surface area (Å²) in [5, 5.41) is 0.421. The van der Waals surface area contributed by atoms with E-state index in [-0.39, 0.29) is 16.7 Å². The molecule has 1 aliphatic heterocycles. The number of halogens is 1. The van der Waals surface area contributed by atoms with Crippen molar-refractivity contribution in [1.82, 2.24) is 5.06 Å². The molecule has 2 amide bonds. The van der Waals surface area contributed by atoms with Gasteiger partial charge in [-0.05, 0) is 25.1 Å². The predicted molar refractivity (Wildman–Crippen MR) is 77.8 cm³/mol. The Bertz CT molecular complexity index is 783. The number of amides is 2. The van der Waals surface area contributed by atoms with Crippen LogP contribution in [0.1, 0.15) is 39.1 Å². The second-order valence-corrected chi connectivity index (χ2v) is 5.10. The van der Waals surface area contributed by atoms with Crippen LogP contribution in [0.5, 0.6) is 0 Å². The minimum Gasteiger partial charge on any atom is -0.329 e. The van der Waals surface area contributed by atoms with Crippen LogP contribution in [0.3, 0.4) is 0 Å². The third-order valence-corrected chi connectivity index (χ3v) is 3.66. The summed E-state index contributed by atoms with van der Waals surface area (Å²) in [5.41, 5.74) is 0.474. The van der Waals surface area contributed by atoms with E-state index in [0.29, 0.717) is 5.06 Å². The lowest BCUT2D eigenvalue weighted by molar-refractivity contribution is -0.170. The van der Waals surface area contributed by atoms with Crippen molar-refractivity contribution >= 4 is 17.8 Å². The molecule has 0 saturated heterocycles. The van der Waals surface area contributed by atoms with Crippen molar-refractivity contribution in [3.8, 4) is 0 Å². The Morgan fingerprint density at radius 1 is 1.00 bits per heavy atom. The van der Waals surface area contributed by atoms with Gasteiger partial charge in [-0.2, -0.15) is 0 Å². The number of fused-ring (bicyclic) bond motifs is 1. The molecule has 116 valence electrons. The molecule has 3 rings (SSSR count). The first-order chi connectivity index (χ1) is 11.0. The molecule has 2 aromatic carbocycles. The average Bonchev–Trinajstić information content (AvgIpc) is 2.80. The Morgan fingerprint density at radius 2 is 1.52 bits per heavy atom. The van der Waals surface area contributed by atoms with Crippen LogP contribution in [-0.4, -0.2) is 22.8 Å². The first kappa shape index (κ1) is 14.9. The lowest BCUT2D eigenvalue weighted by Crippen LogP contribution is -2.34. The van der Waals surface area contributed by atoms with Crippen LogP contribution in [0.4, 0.5) is 4.39 Å². The van der Waals surface area contributed by atoms with E-state index in [1.54, 1.807) is 18.2 Å². The number of hydroxylamine groups is 2. The van der Waals surface area contributed by atoms with Crippen molar-refractivity contribution < 1.29 is 23.6 Å². The van der Waals surface area contributed by atoms with Crippen molar-refractivity contribution in [2.75, 3.05) is 0 Å². The molecule has 1 heterocycles. The van der Waals surface area contributed by atoms with Crippen molar-refractivity contribution in [1.29, 1.82) is 0 Å². The molecular weight excluding hydrogens is 301 g/mol. The van der Waals surface area contributed by atoms with E-state index in [2.05, 4.69) is 0 Å². The molecule has 0 fully saturated rings. The van der Waals surface area contributed by atoms with Crippen molar-refractivity contribution in [2.24, 2.45) is 0 Å². The van der Waals surface area contributed by atoms with E-state index in [9.17, 15) is 18.8 Å². The minimum absolute atomic E-state index is 0.133. The van der Waals surface area contributed by atoms with Crippen LogP contribution in [0, 0.1) is 5.82 Å².